The van der Waals surface area contributed by atoms with Crippen LogP contribution >= 0.6 is 0 Å². The summed E-state index contributed by atoms with van der Waals surface area (Å²) in [6.07, 6.45) is 8.15. The van der Waals surface area contributed by atoms with E-state index in [-0.39, 0.29) is 22.5 Å². The smallest absolute Gasteiger partial charge is 0.335 e. The maximum atomic E-state index is 13.4. The van der Waals surface area contributed by atoms with Gasteiger partial charge in [-0.1, -0.05) is 36.4 Å². The Morgan fingerprint density at radius 1 is 0.980 bits per heavy atom. The van der Waals surface area contributed by atoms with Gasteiger partial charge in [-0.25, -0.2) is 23.0 Å². The van der Waals surface area contributed by atoms with Gasteiger partial charge in [0.15, 0.2) is 0 Å². The molecular formula is C36H39N7O5S. The summed E-state index contributed by atoms with van der Waals surface area (Å²) >= 11 is 0. The van der Waals surface area contributed by atoms with Crippen LogP contribution < -0.4 is 5.69 Å². The van der Waals surface area contributed by atoms with E-state index in [1.54, 1.807) is 42.1 Å². The lowest BCUT2D eigenvalue weighted by molar-refractivity contribution is 0.0697. The number of carboxylic acids is 1. The van der Waals surface area contributed by atoms with Gasteiger partial charge in [-0.3, -0.25) is 18.7 Å². The molecule has 1 aliphatic heterocycles. The van der Waals surface area contributed by atoms with Crippen molar-refractivity contribution in [3.63, 3.8) is 0 Å². The average molecular weight is 682 g/mol. The number of hydrogen-bond acceptors (Lipinski definition) is 7. The first kappa shape index (κ1) is 32.5. The van der Waals surface area contributed by atoms with E-state index in [2.05, 4.69) is 39.2 Å². The molecule has 1 fully saturated rings. The number of carboxylic acid groups (broad SMARTS) is 1. The van der Waals surface area contributed by atoms with Crippen molar-refractivity contribution in [1.29, 1.82) is 0 Å². The molecule has 0 radical (unpaired) electrons. The number of aromatic amines is 1. The Bertz CT molecular complexity index is 2360. The summed E-state index contributed by atoms with van der Waals surface area (Å²) in [7, 11) is -1.25. The fourth-order valence-corrected chi connectivity index (χ4v) is 8.08. The van der Waals surface area contributed by atoms with Gasteiger partial charge in [0.05, 0.1) is 51.9 Å². The van der Waals surface area contributed by atoms with Crippen molar-refractivity contribution in [3.05, 3.63) is 94.3 Å². The van der Waals surface area contributed by atoms with Gasteiger partial charge in [-0.15, -0.1) is 0 Å². The minimum atomic E-state index is -3.02. The second-order valence-electron chi connectivity index (χ2n) is 13.3. The number of carbonyl (C=O) groups is 1. The van der Waals surface area contributed by atoms with E-state index >= 15 is 0 Å². The molecule has 2 N–H and O–H groups in total. The van der Waals surface area contributed by atoms with Crippen LogP contribution in [0.4, 0.5) is 0 Å². The lowest BCUT2D eigenvalue weighted by atomic mass is 9.99. The Morgan fingerprint density at radius 2 is 1.63 bits per heavy atom. The quantitative estimate of drug-likeness (QED) is 0.215. The molecule has 0 bridgehead atoms. The van der Waals surface area contributed by atoms with Gasteiger partial charge in [0.25, 0.3) is 0 Å². The van der Waals surface area contributed by atoms with Gasteiger partial charge in [0, 0.05) is 43.2 Å². The van der Waals surface area contributed by atoms with Crippen molar-refractivity contribution in [3.8, 4) is 22.4 Å². The molecular weight excluding hydrogens is 643 g/mol. The second kappa shape index (κ2) is 12.5. The van der Waals surface area contributed by atoms with Crippen LogP contribution in [-0.4, -0.2) is 77.9 Å². The first-order chi connectivity index (χ1) is 23.4. The number of benzene rings is 2. The van der Waals surface area contributed by atoms with Crippen molar-refractivity contribution < 1.29 is 18.3 Å². The molecule has 0 aliphatic carbocycles. The number of piperidine rings is 1. The minimum absolute atomic E-state index is 0.0914. The summed E-state index contributed by atoms with van der Waals surface area (Å²) in [6, 6.07) is 15.0. The van der Waals surface area contributed by atoms with E-state index in [9.17, 15) is 23.1 Å². The maximum Gasteiger partial charge on any atom is 0.335 e. The highest BCUT2D eigenvalue weighted by atomic mass is 32.2. The molecule has 0 amide bonds. The molecule has 5 heterocycles. The number of pyridine rings is 1. The normalized spacial score (nSPS) is 14.8. The number of aromatic carboxylic acids is 1. The highest BCUT2D eigenvalue weighted by Gasteiger charge is 2.27. The molecule has 2 aromatic carbocycles. The Morgan fingerprint density at radius 3 is 2.27 bits per heavy atom. The van der Waals surface area contributed by atoms with Crippen LogP contribution in [0.2, 0.25) is 0 Å². The summed E-state index contributed by atoms with van der Waals surface area (Å²) in [4.78, 5) is 35.4. The number of nitrogens with one attached hydrogen (secondary N) is 1. The molecule has 0 spiro atoms. The minimum Gasteiger partial charge on any atom is -0.478 e. The van der Waals surface area contributed by atoms with E-state index in [0.29, 0.717) is 25.0 Å². The van der Waals surface area contributed by atoms with Gasteiger partial charge in [-0.2, -0.15) is 5.10 Å². The molecule has 254 valence electrons. The van der Waals surface area contributed by atoms with Gasteiger partial charge in [-0.05, 0) is 68.6 Å². The third-order valence-corrected chi connectivity index (χ3v) is 11.3. The van der Waals surface area contributed by atoms with Crippen molar-refractivity contribution in [2.24, 2.45) is 7.05 Å². The average Bonchev–Trinajstić information content (AvgIpc) is 3.75. The van der Waals surface area contributed by atoms with Crippen LogP contribution in [0.5, 0.6) is 0 Å². The fourth-order valence-electron chi connectivity index (χ4n) is 7.01. The van der Waals surface area contributed by atoms with Crippen LogP contribution in [0.1, 0.15) is 54.2 Å². The highest BCUT2D eigenvalue weighted by Crippen LogP contribution is 2.41. The molecule has 6 aromatic rings. The van der Waals surface area contributed by atoms with E-state index in [1.165, 1.54) is 6.26 Å². The van der Waals surface area contributed by atoms with E-state index in [1.807, 2.05) is 35.5 Å². The molecule has 1 aliphatic rings. The largest absolute Gasteiger partial charge is 0.478 e. The van der Waals surface area contributed by atoms with Crippen molar-refractivity contribution in [2.75, 3.05) is 19.3 Å². The topological polar surface area (TPSA) is 148 Å². The molecule has 12 nitrogen and oxygen atoms in total. The predicted octanol–water partition coefficient (Wildman–Crippen LogP) is 5.08. The SMILES string of the molecule is CC(C)n1c(=O)n(C)c2cnc3[nH]c(-c4ccc(CN5CCC(S(C)(=O)=O)CC5)cc4)c(-c4cnn(Cc5ccc(C(=O)O)cc5)c4)c3c21. The number of likely N-dealkylation sites (tertiary alicyclic amines) is 1. The van der Waals surface area contributed by atoms with Crippen molar-refractivity contribution >= 4 is 37.9 Å². The van der Waals surface area contributed by atoms with Gasteiger partial charge < -0.3 is 10.1 Å². The third kappa shape index (κ3) is 6.08. The van der Waals surface area contributed by atoms with Gasteiger partial charge in [0.1, 0.15) is 15.5 Å². The first-order valence-corrected chi connectivity index (χ1v) is 18.3. The number of sulfone groups is 1. The lowest BCUT2D eigenvalue weighted by Gasteiger charge is -2.31. The zero-order chi connectivity index (χ0) is 34.6. The molecule has 4 aromatic heterocycles. The zero-order valence-corrected chi connectivity index (χ0v) is 28.7. The summed E-state index contributed by atoms with van der Waals surface area (Å²) in [6.45, 7) is 6.67. The standard InChI is InChI=1S/C36H39N7O5S/c1-22(2)43-33-29(40(3)36(43)46)18-37-34-31(33)30(27-17-38-42(21-27)20-24-7-11-26(12-8-24)35(44)45)32(39-34)25-9-5-23(6-10-25)19-41-15-13-28(14-16-41)49(4,47)48/h5-12,17-18,21-22,28H,13-16,19-20H2,1-4H3,(H,37,39)(H,44,45). The Hall–Kier alpha value is -5.01. The molecule has 0 unspecified atom stereocenters. The number of imidazole rings is 1. The molecule has 0 saturated carbocycles. The lowest BCUT2D eigenvalue weighted by Crippen LogP contribution is -2.38. The number of aromatic nitrogens is 6. The number of fused-ring (bicyclic) bond motifs is 3. The molecule has 0 atom stereocenters. The maximum absolute atomic E-state index is 13.4. The third-order valence-electron chi connectivity index (χ3n) is 9.64. The summed E-state index contributed by atoms with van der Waals surface area (Å²) in [5.74, 6) is -0.970. The fraction of sp³-hybridized carbons (Fsp3) is 0.333. The number of rotatable bonds is 9. The monoisotopic (exact) mass is 681 g/mol. The zero-order valence-electron chi connectivity index (χ0n) is 27.9. The Balaban J connectivity index is 1.29. The highest BCUT2D eigenvalue weighted by molar-refractivity contribution is 7.91. The van der Waals surface area contributed by atoms with Crippen LogP contribution in [0.25, 0.3) is 44.5 Å². The number of hydrogen-bond donors (Lipinski definition) is 2. The van der Waals surface area contributed by atoms with Crippen LogP contribution in [-0.2, 0) is 30.0 Å². The van der Waals surface area contributed by atoms with Crippen LogP contribution in [0, 0.1) is 0 Å². The van der Waals surface area contributed by atoms with E-state index in [0.717, 1.165) is 69.6 Å². The molecule has 49 heavy (non-hydrogen) atoms. The Labute approximate surface area is 283 Å². The summed E-state index contributed by atoms with van der Waals surface area (Å²) < 4.78 is 29.3. The van der Waals surface area contributed by atoms with E-state index < -0.39 is 15.8 Å². The second-order valence-corrected chi connectivity index (χ2v) is 15.7. The number of nitrogens with zero attached hydrogens (tertiary/aromatic N) is 6. The van der Waals surface area contributed by atoms with Crippen molar-refractivity contribution in [1.82, 2.24) is 33.8 Å². The Kier molecular flexibility index (Phi) is 8.27. The number of aryl methyl sites for hydroxylation is 1. The molecule has 13 heteroatoms. The summed E-state index contributed by atoms with van der Waals surface area (Å²) in [5, 5.41) is 14.5. The summed E-state index contributed by atoms with van der Waals surface area (Å²) in [5.41, 5.74) is 7.90. The predicted molar refractivity (Wildman–Crippen MR) is 190 cm³/mol. The number of H-pyrrole nitrogens is 1. The molecule has 1 saturated heterocycles. The molecule has 7 rings (SSSR count). The van der Waals surface area contributed by atoms with Crippen molar-refractivity contribution in [2.45, 2.75) is 51.1 Å². The van der Waals surface area contributed by atoms with E-state index in [4.69, 9.17) is 4.98 Å². The van der Waals surface area contributed by atoms with Gasteiger partial charge >= 0.3 is 11.7 Å². The first-order valence-electron chi connectivity index (χ1n) is 16.4. The van der Waals surface area contributed by atoms with Crippen LogP contribution in [0.15, 0.2) is 71.9 Å². The van der Waals surface area contributed by atoms with Crippen LogP contribution in [0.3, 0.4) is 0 Å². The van der Waals surface area contributed by atoms with Gasteiger partial charge in [0.2, 0.25) is 0 Å².